The fourth-order valence-corrected chi connectivity index (χ4v) is 1.98. The average molecular weight is 228 g/mol. The normalized spacial score (nSPS) is 27.9. The number of carbonyl (C=O) groups excluding carboxylic acids is 1. The minimum absolute atomic E-state index is 0.0746. The second-order valence-corrected chi connectivity index (χ2v) is 4.90. The second kappa shape index (κ2) is 6.18. The molecule has 0 spiro atoms. The molecule has 0 radical (unpaired) electrons. The Labute approximate surface area is 98.0 Å². The third kappa shape index (κ3) is 3.73. The highest BCUT2D eigenvalue weighted by Crippen LogP contribution is 2.08. The van der Waals surface area contributed by atoms with Crippen LogP contribution in [0.1, 0.15) is 6.92 Å². The van der Waals surface area contributed by atoms with Gasteiger partial charge in [0.05, 0.1) is 0 Å². The molecule has 0 aromatic heterocycles. The average Bonchev–Trinajstić information content (AvgIpc) is 2.35. The van der Waals surface area contributed by atoms with Crippen molar-refractivity contribution in [1.82, 2.24) is 15.1 Å². The number of rotatable bonds is 4. The van der Waals surface area contributed by atoms with Gasteiger partial charge in [-0.1, -0.05) is 6.92 Å². The molecule has 1 rings (SSSR count). The predicted octanol–water partition coefficient (Wildman–Crippen LogP) is -1.06. The molecule has 0 bridgehead atoms. The van der Waals surface area contributed by atoms with Crippen molar-refractivity contribution in [2.24, 2.45) is 11.7 Å². The summed E-state index contributed by atoms with van der Waals surface area (Å²) in [6.45, 7) is 6.10. The molecule has 94 valence electrons. The summed E-state index contributed by atoms with van der Waals surface area (Å²) in [5.41, 5.74) is 5.69. The van der Waals surface area contributed by atoms with Crippen molar-refractivity contribution in [3.8, 4) is 0 Å². The van der Waals surface area contributed by atoms with Crippen LogP contribution in [-0.2, 0) is 4.79 Å². The van der Waals surface area contributed by atoms with E-state index in [2.05, 4.69) is 22.0 Å². The van der Waals surface area contributed by atoms with Crippen LogP contribution in [0.3, 0.4) is 0 Å². The minimum Gasteiger partial charge on any atom is -0.354 e. The first-order valence-electron chi connectivity index (χ1n) is 5.91. The molecule has 16 heavy (non-hydrogen) atoms. The third-order valence-corrected chi connectivity index (χ3v) is 2.97. The van der Waals surface area contributed by atoms with Gasteiger partial charge in [0, 0.05) is 32.7 Å². The van der Waals surface area contributed by atoms with Crippen LogP contribution in [0.2, 0.25) is 0 Å². The molecule has 3 N–H and O–H groups in total. The van der Waals surface area contributed by atoms with Gasteiger partial charge >= 0.3 is 0 Å². The lowest BCUT2D eigenvalue weighted by Gasteiger charge is -2.29. The number of likely N-dealkylation sites (N-methyl/N-ethyl adjacent to an activating group) is 1. The fraction of sp³-hybridized carbons (Fsp3) is 0.909. The van der Waals surface area contributed by atoms with Crippen molar-refractivity contribution in [2.75, 3.05) is 46.8 Å². The number of nitrogens with one attached hydrogen (secondary N) is 1. The number of nitrogens with two attached hydrogens (primary N) is 1. The van der Waals surface area contributed by atoms with Gasteiger partial charge in [0.25, 0.3) is 0 Å². The summed E-state index contributed by atoms with van der Waals surface area (Å²) in [4.78, 5) is 16.1. The summed E-state index contributed by atoms with van der Waals surface area (Å²) < 4.78 is 0. The number of carbonyl (C=O) groups is 1. The van der Waals surface area contributed by atoms with Crippen LogP contribution >= 0.6 is 0 Å². The Morgan fingerprint density at radius 1 is 1.56 bits per heavy atom. The van der Waals surface area contributed by atoms with Crippen LogP contribution in [0.15, 0.2) is 0 Å². The molecular weight excluding hydrogens is 204 g/mol. The Kier molecular flexibility index (Phi) is 5.18. The van der Waals surface area contributed by atoms with E-state index in [1.807, 2.05) is 14.1 Å². The van der Waals surface area contributed by atoms with Gasteiger partial charge in [0.2, 0.25) is 5.91 Å². The van der Waals surface area contributed by atoms with Crippen molar-refractivity contribution >= 4 is 5.91 Å². The van der Waals surface area contributed by atoms with Crippen molar-refractivity contribution in [3.63, 3.8) is 0 Å². The van der Waals surface area contributed by atoms with Crippen LogP contribution in [0.5, 0.6) is 0 Å². The van der Waals surface area contributed by atoms with Crippen molar-refractivity contribution in [3.05, 3.63) is 0 Å². The van der Waals surface area contributed by atoms with E-state index in [1.165, 1.54) is 0 Å². The zero-order valence-electron chi connectivity index (χ0n) is 10.6. The molecule has 1 saturated heterocycles. The van der Waals surface area contributed by atoms with E-state index in [0.717, 1.165) is 26.2 Å². The van der Waals surface area contributed by atoms with Crippen molar-refractivity contribution in [1.29, 1.82) is 0 Å². The van der Waals surface area contributed by atoms with E-state index >= 15 is 0 Å². The van der Waals surface area contributed by atoms with E-state index in [-0.39, 0.29) is 11.9 Å². The van der Waals surface area contributed by atoms with Crippen molar-refractivity contribution in [2.45, 2.75) is 13.0 Å². The van der Waals surface area contributed by atoms with Gasteiger partial charge in [0.1, 0.15) is 6.04 Å². The van der Waals surface area contributed by atoms with Gasteiger partial charge in [-0.25, -0.2) is 0 Å². The second-order valence-electron chi connectivity index (χ2n) is 4.90. The quantitative estimate of drug-likeness (QED) is 0.644. The van der Waals surface area contributed by atoms with E-state index in [1.54, 1.807) is 0 Å². The van der Waals surface area contributed by atoms with Gasteiger partial charge < -0.3 is 16.0 Å². The zero-order chi connectivity index (χ0) is 12.1. The molecule has 1 amide bonds. The SMILES string of the molecule is CC1CNC(=O)C(CN)N(CCN(C)C)C1. The van der Waals surface area contributed by atoms with Crippen LogP contribution in [0, 0.1) is 5.92 Å². The van der Waals surface area contributed by atoms with E-state index in [0.29, 0.717) is 12.5 Å². The molecule has 0 aromatic rings. The molecule has 5 nitrogen and oxygen atoms in total. The van der Waals surface area contributed by atoms with Gasteiger partial charge in [0.15, 0.2) is 0 Å². The van der Waals surface area contributed by atoms with Crippen LogP contribution in [-0.4, -0.2) is 68.6 Å². The molecule has 1 heterocycles. The predicted molar refractivity (Wildman–Crippen MR) is 65.1 cm³/mol. The molecule has 0 saturated carbocycles. The number of amides is 1. The Hall–Kier alpha value is -0.650. The summed E-state index contributed by atoms with van der Waals surface area (Å²) in [6.07, 6.45) is 0. The lowest BCUT2D eigenvalue weighted by atomic mass is 10.1. The Bertz CT molecular complexity index is 232. The Morgan fingerprint density at radius 2 is 2.25 bits per heavy atom. The fourth-order valence-electron chi connectivity index (χ4n) is 1.98. The maximum atomic E-state index is 11.8. The highest BCUT2D eigenvalue weighted by atomic mass is 16.2. The summed E-state index contributed by atoms with van der Waals surface area (Å²) in [5, 5.41) is 2.94. The lowest BCUT2D eigenvalue weighted by molar-refractivity contribution is -0.125. The maximum Gasteiger partial charge on any atom is 0.238 e. The summed E-state index contributed by atoms with van der Waals surface area (Å²) in [6, 6.07) is -0.162. The highest BCUT2D eigenvalue weighted by molar-refractivity contribution is 5.82. The molecular formula is C11H24N4O. The van der Waals surface area contributed by atoms with E-state index < -0.39 is 0 Å². The van der Waals surface area contributed by atoms with Gasteiger partial charge in [-0.05, 0) is 20.0 Å². The zero-order valence-corrected chi connectivity index (χ0v) is 10.6. The summed E-state index contributed by atoms with van der Waals surface area (Å²) in [5.74, 6) is 0.563. The van der Waals surface area contributed by atoms with Gasteiger partial charge in [-0.2, -0.15) is 0 Å². The Balaban J connectivity index is 2.62. The molecule has 1 aliphatic rings. The first kappa shape index (κ1) is 13.4. The van der Waals surface area contributed by atoms with E-state index in [4.69, 9.17) is 5.73 Å². The molecule has 2 unspecified atom stereocenters. The van der Waals surface area contributed by atoms with Crippen LogP contribution < -0.4 is 11.1 Å². The molecule has 0 aliphatic carbocycles. The third-order valence-electron chi connectivity index (χ3n) is 2.97. The topological polar surface area (TPSA) is 61.6 Å². The van der Waals surface area contributed by atoms with Crippen LogP contribution in [0.25, 0.3) is 0 Å². The number of hydrogen-bond donors (Lipinski definition) is 2. The summed E-state index contributed by atoms with van der Waals surface area (Å²) in [7, 11) is 4.08. The van der Waals surface area contributed by atoms with Gasteiger partial charge in [-0.15, -0.1) is 0 Å². The molecule has 1 fully saturated rings. The highest BCUT2D eigenvalue weighted by Gasteiger charge is 2.28. The molecule has 2 atom stereocenters. The van der Waals surface area contributed by atoms with E-state index in [9.17, 15) is 4.79 Å². The standard InChI is InChI=1S/C11H24N4O/c1-9-7-13-11(16)10(6-12)15(8-9)5-4-14(2)3/h9-10H,4-8,12H2,1-3H3,(H,13,16). The van der Waals surface area contributed by atoms with Crippen LogP contribution in [0.4, 0.5) is 0 Å². The molecule has 1 aliphatic heterocycles. The number of nitrogens with zero attached hydrogens (tertiary/aromatic N) is 2. The van der Waals surface area contributed by atoms with Gasteiger partial charge in [-0.3, -0.25) is 9.69 Å². The molecule has 0 aromatic carbocycles. The van der Waals surface area contributed by atoms with Crippen molar-refractivity contribution < 1.29 is 4.79 Å². The monoisotopic (exact) mass is 228 g/mol. The smallest absolute Gasteiger partial charge is 0.238 e. The summed E-state index contributed by atoms with van der Waals surface area (Å²) >= 11 is 0. The lowest BCUT2D eigenvalue weighted by Crippen LogP contribution is -2.50. The first-order chi connectivity index (χ1) is 7.54. The molecule has 5 heteroatoms. The largest absolute Gasteiger partial charge is 0.354 e. The Morgan fingerprint density at radius 3 is 2.81 bits per heavy atom. The maximum absolute atomic E-state index is 11.8. The first-order valence-corrected chi connectivity index (χ1v) is 5.91. The number of hydrogen-bond acceptors (Lipinski definition) is 4. The minimum atomic E-state index is -0.162.